The third-order valence-electron chi connectivity index (χ3n) is 2.36. The van der Waals surface area contributed by atoms with Gasteiger partial charge in [0.2, 0.25) is 15.9 Å². The molecule has 1 aromatic rings. The number of amides is 1. The minimum atomic E-state index is -3.69. The van der Waals surface area contributed by atoms with Crippen LogP contribution in [0.25, 0.3) is 0 Å². The first-order valence-electron chi connectivity index (χ1n) is 5.90. The SMILES string of the molecule is CCNC(=O)CNS(=O)(=O)Cc1cccc(C(=O)O)c1. The lowest BCUT2D eigenvalue weighted by Gasteiger charge is -2.07. The van der Waals surface area contributed by atoms with Gasteiger partial charge in [-0.1, -0.05) is 12.1 Å². The molecule has 110 valence electrons. The Hall–Kier alpha value is -1.93. The molecule has 0 saturated heterocycles. The number of aromatic carboxylic acids is 1. The van der Waals surface area contributed by atoms with Gasteiger partial charge >= 0.3 is 5.97 Å². The first-order valence-corrected chi connectivity index (χ1v) is 7.55. The fourth-order valence-corrected chi connectivity index (χ4v) is 2.57. The molecule has 1 aromatic carbocycles. The molecule has 0 saturated carbocycles. The van der Waals surface area contributed by atoms with E-state index in [1.165, 1.54) is 24.3 Å². The second-order valence-electron chi connectivity index (χ2n) is 4.04. The molecule has 0 aliphatic heterocycles. The molecular weight excluding hydrogens is 284 g/mol. The van der Waals surface area contributed by atoms with E-state index in [2.05, 4.69) is 10.0 Å². The van der Waals surface area contributed by atoms with Gasteiger partial charge in [-0.25, -0.2) is 17.9 Å². The van der Waals surface area contributed by atoms with Crippen LogP contribution >= 0.6 is 0 Å². The number of rotatable bonds is 7. The summed E-state index contributed by atoms with van der Waals surface area (Å²) < 4.78 is 25.7. The summed E-state index contributed by atoms with van der Waals surface area (Å²) in [5, 5.41) is 11.3. The zero-order chi connectivity index (χ0) is 15.2. The van der Waals surface area contributed by atoms with Crippen molar-refractivity contribution in [2.75, 3.05) is 13.1 Å². The number of carboxylic acid groups (broad SMARTS) is 1. The van der Waals surface area contributed by atoms with Crippen LogP contribution in [0.4, 0.5) is 0 Å². The predicted octanol–water partition coefficient (Wildman–Crippen LogP) is -0.0597. The molecule has 3 N–H and O–H groups in total. The van der Waals surface area contributed by atoms with Crippen LogP contribution in [0.5, 0.6) is 0 Å². The average Bonchev–Trinajstić information content (AvgIpc) is 2.37. The van der Waals surface area contributed by atoms with Crippen molar-refractivity contribution in [3.63, 3.8) is 0 Å². The van der Waals surface area contributed by atoms with E-state index in [-0.39, 0.29) is 17.9 Å². The first-order chi connectivity index (χ1) is 9.34. The lowest BCUT2D eigenvalue weighted by atomic mass is 10.1. The first kappa shape index (κ1) is 16.1. The number of carboxylic acids is 1. The van der Waals surface area contributed by atoms with Crippen LogP contribution in [0.1, 0.15) is 22.8 Å². The van der Waals surface area contributed by atoms with Gasteiger partial charge in [0.25, 0.3) is 0 Å². The maximum atomic E-state index is 11.8. The van der Waals surface area contributed by atoms with Gasteiger partial charge in [0, 0.05) is 6.54 Å². The van der Waals surface area contributed by atoms with Crippen LogP contribution < -0.4 is 10.0 Å². The van der Waals surface area contributed by atoms with E-state index in [1.807, 2.05) is 0 Å². The van der Waals surface area contributed by atoms with Crippen LogP contribution in [-0.2, 0) is 20.6 Å². The molecule has 1 amide bonds. The highest BCUT2D eigenvalue weighted by atomic mass is 32.2. The van der Waals surface area contributed by atoms with Gasteiger partial charge in [-0.05, 0) is 24.6 Å². The van der Waals surface area contributed by atoms with Crippen LogP contribution in [0, 0.1) is 0 Å². The topological polar surface area (TPSA) is 113 Å². The minimum Gasteiger partial charge on any atom is -0.478 e. The Balaban J connectivity index is 2.69. The number of carbonyl (C=O) groups is 2. The van der Waals surface area contributed by atoms with Crippen molar-refractivity contribution in [2.45, 2.75) is 12.7 Å². The van der Waals surface area contributed by atoms with E-state index >= 15 is 0 Å². The standard InChI is InChI=1S/C12H16N2O5S/c1-2-13-11(15)7-14-20(18,19)8-9-4-3-5-10(6-9)12(16)17/h3-6,14H,2,7-8H2,1H3,(H,13,15)(H,16,17). The zero-order valence-corrected chi connectivity index (χ0v) is 11.7. The quantitative estimate of drug-likeness (QED) is 0.653. The summed E-state index contributed by atoms with van der Waals surface area (Å²) in [6, 6.07) is 5.64. The van der Waals surface area contributed by atoms with Crippen LogP contribution in [0.2, 0.25) is 0 Å². The van der Waals surface area contributed by atoms with Crippen LogP contribution in [0.15, 0.2) is 24.3 Å². The van der Waals surface area contributed by atoms with Crippen molar-refractivity contribution in [3.8, 4) is 0 Å². The summed E-state index contributed by atoms with van der Waals surface area (Å²) in [6.45, 7) is 1.81. The molecule has 0 aromatic heterocycles. The highest BCUT2D eigenvalue weighted by Crippen LogP contribution is 2.08. The van der Waals surface area contributed by atoms with Crippen LogP contribution in [-0.4, -0.2) is 38.5 Å². The molecule has 7 nitrogen and oxygen atoms in total. The van der Waals surface area contributed by atoms with Crippen molar-refractivity contribution >= 4 is 21.9 Å². The van der Waals surface area contributed by atoms with Gasteiger partial charge in [-0.15, -0.1) is 0 Å². The van der Waals surface area contributed by atoms with E-state index in [0.717, 1.165) is 0 Å². The van der Waals surface area contributed by atoms with Gasteiger partial charge in [0.1, 0.15) is 0 Å². The normalized spacial score (nSPS) is 11.1. The van der Waals surface area contributed by atoms with Gasteiger partial charge in [0.05, 0.1) is 17.9 Å². The molecule has 0 heterocycles. The van der Waals surface area contributed by atoms with Gasteiger partial charge < -0.3 is 10.4 Å². The lowest BCUT2D eigenvalue weighted by molar-refractivity contribution is -0.119. The molecule has 0 aliphatic rings. The molecule has 1 rings (SSSR count). The molecule has 0 aliphatic carbocycles. The highest BCUT2D eigenvalue weighted by molar-refractivity contribution is 7.88. The summed E-state index contributed by atoms with van der Waals surface area (Å²) in [6.07, 6.45) is 0. The highest BCUT2D eigenvalue weighted by Gasteiger charge is 2.14. The molecule has 0 bridgehead atoms. The number of carbonyl (C=O) groups excluding carboxylic acids is 1. The fraction of sp³-hybridized carbons (Fsp3) is 0.333. The largest absolute Gasteiger partial charge is 0.478 e. The molecule has 20 heavy (non-hydrogen) atoms. The van der Waals surface area contributed by atoms with Crippen molar-refractivity contribution < 1.29 is 23.1 Å². The van der Waals surface area contributed by atoms with Gasteiger partial charge in [-0.2, -0.15) is 0 Å². The molecule has 0 radical (unpaired) electrons. The summed E-state index contributed by atoms with van der Waals surface area (Å²) in [5.74, 6) is -1.93. The molecular formula is C12H16N2O5S. The number of hydrogen-bond acceptors (Lipinski definition) is 4. The van der Waals surface area contributed by atoms with E-state index in [1.54, 1.807) is 6.92 Å². The maximum Gasteiger partial charge on any atom is 0.335 e. The lowest BCUT2D eigenvalue weighted by Crippen LogP contribution is -2.37. The maximum absolute atomic E-state index is 11.8. The number of nitrogens with one attached hydrogen (secondary N) is 2. The molecule has 8 heteroatoms. The van der Waals surface area contributed by atoms with Gasteiger partial charge in [-0.3, -0.25) is 4.79 Å². The molecule has 0 fully saturated rings. The summed E-state index contributed by atoms with van der Waals surface area (Å²) in [5.41, 5.74) is 0.356. The average molecular weight is 300 g/mol. The third kappa shape index (κ3) is 5.37. The Morgan fingerprint density at radius 1 is 1.30 bits per heavy atom. The number of hydrogen-bond donors (Lipinski definition) is 3. The fourth-order valence-electron chi connectivity index (χ4n) is 1.50. The zero-order valence-electron chi connectivity index (χ0n) is 10.9. The van der Waals surface area contributed by atoms with Crippen molar-refractivity contribution in [2.24, 2.45) is 0 Å². The summed E-state index contributed by atoms with van der Waals surface area (Å²) in [7, 11) is -3.69. The van der Waals surface area contributed by atoms with E-state index < -0.39 is 21.9 Å². The Morgan fingerprint density at radius 3 is 2.60 bits per heavy atom. The van der Waals surface area contributed by atoms with E-state index in [0.29, 0.717) is 12.1 Å². The van der Waals surface area contributed by atoms with Crippen LogP contribution in [0.3, 0.4) is 0 Å². The van der Waals surface area contributed by atoms with E-state index in [4.69, 9.17) is 5.11 Å². The summed E-state index contributed by atoms with van der Waals surface area (Å²) >= 11 is 0. The van der Waals surface area contributed by atoms with Crippen molar-refractivity contribution in [1.29, 1.82) is 0 Å². The number of likely N-dealkylation sites (N-methyl/N-ethyl adjacent to an activating group) is 1. The second-order valence-corrected chi connectivity index (χ2v) is 5.85. The molecule has 0 spiro atoms. The van der Waals surface area contributed by atoms with Crippen molar-refractivity contribution in [1.82, 2.24) is 10.0 Å². The van der Waals surface area contributed by atoms with Gasteiger partial charge in [0.15, 0.2) is 0 Å². The molecule has 0 unspecified atom stereocenters. The monoisotopic (exact) mass is 300 g/mol. The number of benzene rings is 1. The summed E-state index contributed by atoms with van der Waals surface area (Å²) in [4.78, 5) is 22.0. The Morgan fingerprint density at radius 2 is 2.00 bits per heavy atom. The number of sulfonamides is 1. The predicted molar refractivity (Wildman–Crippen MR) is 72.7 cm³/mol. The third-order valence-corrected chi connectivity index (χ3v) is 3.65. The molecule has 0 atom stereocenters. The Kier molecular flexibility index (Phi) is 5.66. The Bertz CT molecular complexity index is 598. The van der Waals surface area contributed by atoms with Crippen molar-refractivity contribution in [3.05, 3.63) is 35.4 Å². The second kappa shape index (κ2) is 7.01. The smallest absolute Gasteiger partial charge is 0.335 e. The minimum absolute atomic E-state index is 0.0152. The van der Waals surface area contributed by atoms with E-state index in [9.17, 15) is 18.0 Å². The Labute approximate surface area is 117 Å².